The topological polar surface area (TPSA) is 54.9 Å². The molecule has 1 saturated carbocycles. The minimum atomic E-state index is 0.555. The first kappa shape index (κ1) is 14.5. The SMILES string of the molecule is CN=C(NCc1ccc(OC)cc1OC)NC1CC1C. The van der Waals surface area contributed by atoms with Gasteiger partial charge >= 0.3 is 0 Å². The minimum absolute atomic E-state index is 0.555. The van der Waals surface area contributed by atoms with Crippen molar-refractivity contribution in [2.24, 2.45) is 10.9 Å². The van der Waals surface area contributed by atoms with Gasteiger partial charge in [-0.3, -0.25) is 4.99 Å². The Kier molecular flexibility index (Phi) is 4.71. The zero-order chi connectivity index (χ0) is 14.5. The Balaban J connectivity index is 1.95. The lowest BCUT2D eigenvalue weighted by molar-refractivity contribution is 0.390. The van der Waals surface area contributed by atoms with Crippen LogP contribution in [0.5, 0.6) is 11.5 Å². The lowest BCUT2D eigenvalue weighted by Crippen LogP contribution is -2.38. The van der Waals surface area contributed by atoms with Crippen molar-refractivity contribution in [1.82, 2.24) is 10.6 Å². The van der Waals surface area contributed by atoms with Gasteiger partial charge in [0, 0.05) is 31.3 Å². The highest BCUT2D eigenvalue weighted by molar-refractivity contribution is 5.80. The second-order valence-corrected chi connectivity index (χ2v) is 5.07. The third-order valence-corrected chi connectivity index (χ3v) is 3.60. The van der Waals surface area contributed by atoms with E-state index in [1.165, 1.54) is 6.42 Å². The van der Waals surface area contributed by atoms with Crippen LogP contribution in [0.4, 0.5) is 0 Å². The molecule has 0 radical (unpaired) electrons. The van der Waals surface area contributed by atoms with Gasteiger partial charge in [0.25, 0.3) is 0 Å². The molecule has 0 spiro atoms. The summed E-state index contributed by atoms with van der Waals surface area (Å²) in [7, 11) is 5.10. The molecule has 2 rings (SSSR count). The van der Waals surface area contributed by atoms with E-state index in [1.807, 2.05) is 18.2 Å². The van der Waals surface area contributed by atoms with E-state index in [0.717, 1.165) is 28.9 Å². The summed E-state index contributed by atoms with van der Waals surface area (Å²) < 4.78 is 10.6. The summed E-state index contributed by atoms with van der Waals surface area (Å²) in [6, 6.07) is 6.37. The van der Waals surface area contributed by atoms with Crippen molar-refractivity contribution in [3.05, 3.63) is 23.8 Å². The molecule has 2 unspecified atom stereocenters. The highest BCUT2D eigenvalue weighted by Gasteiger charge is 2.33. The summed E-state index contributed by atoms with van der Waals surface area (Å²) in [6.07, 6.45) is 1.21. The standard InChI is InChI=1S/C15H23N3O2/c1-10-7-13(10)18-15(16-2)17-9-11-5-6-12(19-3)8-14(11)20-4/h5-6,8,10,13H,7,9H2,1-4H3,(H2,16,17,18). The van der Waals surface area contributed by atoms with Crippen molar-refractivity contribution in [2.75, 3.05) is 21.3 Å². The van der Waals surface area contributed by atoms with Crippen molar-refractivity contribution in [3.63, 3.8) is 0 Å². The van der Waals surface area contributed by atoms with Crippen molar-refractivity contribution in [2.45, 2.75) is 25.9 Å². The zero-order valence-electron chi connectivity index (χ0n) is 12.6. The number of aliphatic imine (C=N–C) groups is 1. The Hall–Kier alpha value is -1.91. The van der Waals surface area contributed by atoms with Crippen molar-refractivity contribution in [3.8, 4) is 11.5 Å². The Bertz CT molecular complexity index is 488. The fraction of sp³-hybridized carbons (Fsp3) is 0.533. The lowest BCUT2D eigenvalue weighted by atomic mass is 10.2. The quantitative estimate of drug-likeness (QED) is 0.636. The maximum absolute atomic E-state index is 5.38. The summed E-state index contributed by atoms with van der Waals surface area (Å²) in [5.74, 6) is 3.17. The molecular formula is C15H23N3O2. The third-order valence-electron chi connectivity index (χ3n) is 3.60. The van der Waals surface area contributed by atoms with E-state index in [4.69, 9.17) is 9.47 Å². The molecule has 0 bridgehead atoms. The fourth-order valence-electron chi connectivity index (χ4n) is 2.07. The van der Waals surface area contributed by atoms with E-state index in [1.54, 1.807) is 21.3 Å². The monoisotopic (exact) mass is 277 g/mol. The molecule has 5 heteroatoms. The second-order valence-electron chi connectivity index (χ2n) is 5.07. The Morgan fingerprint density at radius 1 is 1.35 bits per heavy atom. The normalized spacial score (nSPS) is 21.3. The number of ether oxygens (including phenoxy) is 2. The van der Waals surface area contributed by atoms with E-state index in [2.05, 4.69) is 22.5 Å². The molecule has 1 aromatic rings. The van der Waals surface area contributed by atoms with Crippen LogP contribution in [0.15, 0.2) is 23.2 Å². The van der Waals surface area contributed by atoms with Crippen LogP contribution in [0.2, 0.25) is 0 Å². The van der Waals surface area contributed by atoms with E-state index in [9.17, 15) is 0 Å². The average Bonchev–Trinajstić information content (AvgIpc) is 3.18. The van der Waals surface area contributed by atoms with Crippen molar-refractivity contribution < 1.29 is 9.47 Å². The van der Waals surface area contributed by atoms with Crippen LogP contribution in [0.3, 0.4) is 0 Å². The number of methoxy groups -OCH3 is 2. The molecule has 5 nitrogen and oxygen atoms in total. The average molecular weight is 277 g/mol. The van der Waals surface area contributed by atoms with Gasteiger partial charge in [-0.15, -0.1) is 0 Å². The maximum atomic E-state index is 5.38. The molecule has 1 fully saturated rings. The molecular weight excluding hydrogens is 254 g/mol. The Morgan fingerprint density at radius 3 is 2.65 bits per heavy atom. The molecule has 0 heterocycles. The minimum Gasteiger partial charge on any atom is -0.497 e. The second kappa shape index (κ2) is 6.50. The van der Waals surface area contributed by atoms with Gasteiger partial charge in [0.15, 0.2) is 5.96 Å². The molecule has 0 saturated heterocycles. The van der Waals surface area contributed by atoms with Crippen LogP contribution < -0.4 is 20.1 Å². The number of nitrogens with one attached hydrogen (secondary N) is 2. The summed E-state index contributed by atoms with van der Waals surface area (Å²) in [5.41, 5.74) is 1.07. The molecule has 20 heavy (non-hydrogen) atoms. The number of benzene rings is 1. The van der Waals surface area contributed by atoms with Crippen LogP contribution in [0.1, 0.15) is 18.9 Å². The highest BCUT2D eigenvalue weighted by Crippen LogP contribution is 2.29. The van der Waals surface area contributed by atoms with Gasteiger partial charge in [-0.05, 0) is 24.5 Å². The molecule has 2 atom stereocenters. The van der Waals surface area contributed by atoms with Gasteiger partial charge in [-0.25, -0.2) is 0 Å². The fourth-order valence-corrected chi connectivity index (χ4v) is 2.07. The van der Waals surface area contributed by atoms with E-state index < -0.39 is 0 Å². The van der Waals surface area contributed by atoms with E-state index in [0.29, 0.717) is 12.6 Å². The number of hydrogen-bond donors (Lipinski definition) is 2. The van der Waals surface area contributed by atoms with Gasteiger partial charge in [0.05, 0.1) is 14.2 Å². The van der Waals surface area contributed by atoms with Crippen LogP contribution in [-0.4, -0.2) is 33.3 Å². The first-order valence-electron chi connectivity index (χ1n) is 6.86. The first-order valence-corrected chi connectivity index (χ1v) is 6.86. The summed E-state index contributed by atoms with van der Waals surface area (Å²) in [4.78, 5) is 4.24. The van der Waals surface area contributed by atoms with Gasteiger partial charge in [-0.2, -0.15) is 0 Å². The molecule has 0 amide bonds. The first-order chi connectivity index (χ1) is 9.67. The molecule has 110 valence electrons. The maximum Gasteiger partial charge on any atom is 0.191 e. The molecule has 2 N–H and O–H groups in total. The van der Waals surface area contributed by atoms with Gasteiger partial charge in [0.1, 0.15) is 11.5 Å². The summed E-state index contributed by atoms with van der Waals surface area (Å²) in [5, 5.41) is 6.70. The van der Waals surface area contributed by atoms with Crippen molar-refractivity contribution in [1.29, 1.82) is 0 Å². The molecule has 0 aliphatic heterocycles. The molecule has 1 aromatic carbocycles. The predicted molar refractivity (Wildman–Crippen MR) is 80.4 cm³/mol. The lowest BCUT2D eigenvalue weighted by Gasteiger charge is -2.14. The van der Waals surface area contributed by atoms with Crippen LogP contribution in [0, 0.1) is 5.92 Å². The van der Waals surface area contributed by atoms with Crippen molar-refractivity contribution >= 4 is 5.96 Å². The van der Waals surface area contributed by atoms with Gasteiger partial charge < -0.3 is 20.1 Å². The molecule has 1 aliphatic rings. The predicted octanol–water partition coefficient (Wildman–Crippen LogP) is 1.78. The van der Waals surface area contributed by atoms with E-state index in [-0.39, 0.29) is 0 Å². The van der Waals surface area contributed by atoms with E-state index >= 15 is 0 Å². The summed E-state index contributed by atoms with van der Waals surface area (Å²) in [6.45, 7) is 2.89. The molecule has 0 aromatic heterocycles. The number of nitrogens with zero attached hydrogens (tertiary/aromatic N) is 1. The third kappa shape index (κ3) is 3.56. The Morgan fingerprint density at radius 2 is 2.10 bits per heavy atom. The molecule has 1 aliphatic carbocycles. The number of rotatable bonds is 5. The van der Waals surface area contributed by atoms with Gasteiger partial charge in [0.2, 0.25) is 0 Å². The van der Waals surface area contributed by atoms with Crippen LogP contribution in [-0.2, 0) is 6.54 Å². The smallest absolute Gasteiger partial charge is 0.191 e. The van der Waals surface area contributed by atoms with Gasteiger partial charge in [-0.1, -0.05) is 6.92 Å². The van der Waals surface area contributed by atoms with Crippen LogP contribution >= 0.6 is 0 Å². The highest BCUT2D eigenvalue weighted by atomic mass is 16.5. The number of guanidine groups is 1. The summed E-state index contributed by atoms with van der Waals surface area (Å²) >= 11 is 0. The Labute approximate surface area is 120 Å². The largest absolute Gasteiger partial charge is 0.497 e. The number of hydrogen-bond acceptors (Lipinski definition) is 3. The van der Waals surface area contributed by atoms with Crippen LogP contribution in [0.25, 0.3) is 0 Å². The zero-order valence-corrected chi connectivity index (χ0v) is 12.6.